The average Bonchev–Trinajstić information content (AvgIpc) is 3.30. The number of anilines is 1. The Morgan fingerprint density at radius 2 is 1.82 bits per heavy atom. The third kappa shape index (κ3) is 4.49. The van der Waals surface area contributed by atoms with E-state index < -0.39 is 0 Å². The number of aromatic nitrogens is 2. The van der Waals surface area contributed by atoms with E-state index >= 15 is 0 Å². The highest BCUT2D eigenvalue weighted by Crippen LogP contribution is 2.67. The van der Waals surface area contributed by atoms with Crippen LogP contribution in [-0.4, -0.2) is 58.2 Å². The van der Waals surface area contributed by atoms with Crippen LogP contribution in [0, 0.1) is 40.4 Å². The Kier molecular flexibility index (Phi) is 7.07. The van der Waals surface area contributed by atoms with Gasteiger partial charge in [0.15, 0.2) is 0 Å². The fourth-order valence-electron chi connectivity index (χ4n) is 10.00. The van der Waals surface area contributed by atoms with Crippen molar-refractivity contribution in [2.45, 2.75) is 91.1 Å². The number of carbonyl (C=O) groups is 1. The van der Waals surface area contributed by atoms with Gasteiger partial charge in [-0.2, -0.15) is 0 Å². The lowest BCUT2D eigenvalue weighted by Gasteiger charge is -2.58. The van der Waals surface area contributed by atoms with E-state index in [1.54, 1.807) is 11.9 Å². The zero-order chi connectivity index (χ0) is 26.5. The predicted octanol–water partition coefficient (Wildman–Crippen LogP) is 5.48. The van der Waals surface area contributed by atoms with E-state index in [1.807, 2.05) is 12.4 Å². The molecular weight excluding hydrogens is 472 g/mol. The quantitative estimate of drug-likeness (QED) is 0.521. The number of aliphatic hydroxyl groups excluding tert-OH is 1. The maximum Gasteiger partial charge on any atom is 0.222 e. The van der Waals surface area contributed by atoms with Gasteiger partial charge in [-0.15, -0.1) is 0 Å². The van der Waals surface area contributed by atoms with Crippen LogP contribution in [0.3, 0.4) is 0 Å². The highest BCUT2D eigenvalue weighted by Gasteiger charge is 2.59. The highest BCUT2D eigenvalue weighted by atomic mass is 16.3. The maximum absolute atomic E-state index is 13.2. The van der Waals surface area contributed by atoms with Crippen LogP contribution < -0.4 is 4.90 Å². The van der Waals surface area contributed by atoms with Crippen molar-refractivity contribution < 1.29 is 9.90 Å². The summed E-state index contributed by atoms with van der Waals surface area (Å²) in [5, 5.41) is 10.3. The molecule has 0 bridgehead atoms. The molecular formula is C32H48N4O2. The Morgan fingerprint density at radius 1 is 1.05 bits per heavy atom. The Morgan fingerprint density at radius 3 is 2.58 bits per heavy atom. The lowest BCUT2D eigenvalue weighted by molar-refractivity contribution is -0.132. The van der Waals surface area contributed by atoms with Crippen molar-refractivity contribution in [1.82, 2.24) is 14.9 Å². The third-order valence-corrected chi connectivity index (χ3v) is 12.2. The first-order chi connectivity index (χ1) is 18.3. The van der Waals surface area contributed by atoms with Crippen molar-refractivity contribution in [2.75, 3.05) is 31.1 Å². The van der Waals surface area contributed by atoms with Gasteiger partial charge in [0.05, 0.1) is 24.2 Å². The van der Waals surface area contributed by atoms with Gasteiger partial charge in [-0.1, -0.05) is 32.4 Å². The predicted molar refractivity (Wildman–Crippen MR) is 150 cm³/mol. The topological polar surface area (TPSA) is 69.6 Å². The van der Waals surface area contributed by atoms with E-state index in [1.165, 1.54) is 38.5 Å². The van der Waals surface area contributed by atoms with Crippen LogP contribution in [0.2, 0.25) is 0 Å². The molecule has 0 radical (unpaired) electrons. The number of hydrogen-bond donors (Lipinski definition) is 1. The van der Waals surface area contributed by atoms with Crippen LogP contribution in [-0.2, 0) is 4.79 Å². The summed E-state index contributed by atoms with van der Waals surface area (Å²) in [6.07, 6.45) is 19.1. The Balaban J connectivity index is 1.04. The summed E-state index contributed by atoms with van der Waals surface area (Å²) in [6, 6.07) is 0. The van der Waals surface area contributed by atoms with Crippen molar-refractivity contribution in [3.63, 3.8) is 0 Å². The summed E-state index contributed by atoms with van der Waals surface area (Å²) < 4.78 is 0. The monoisotopic (exact) mass is 520 g/mol. The zero-order valence-electron chi connectivity index (χ0n) is 23.8. The third-order valence-electron chi connectivity index (χ3n) is 12.2. The Bertz CT molecular complexity index is 1040. The number of aliphatic hydroxyl groups is 1. The van der Waals surface area contributed by atoms with Gasteiger partial charge in [0.25, 0.3) is 0 Å². The molecule has 1 aromatic rings. The minimum atomic E-state index is -0.124. The number of fused-ring (bicyclic) bond motifs is 5. The van der Waals surface area contributed by atoms with E-state index in [2.05, 4.69) is 46.6 Å². The van der Waals surface area contributed by atoms with Crippen LogP contribution in [0.15, 0.2) is 30.4 Å². The summed E-state index contributed by atoms with van der Waals surface area (Å²) in [4.78, 5) is 25.8. The van der Waals surface area contributed by atoms with E-state index in [4.69, 9.17) is 0 Å². The standard InChI is InChI=1S/C32H48N4O2/c1-22(4-9-30(38)36-16-14-35(15-17-36)24-19-33-21-34-20-24)27-7-8-28-26-6-5-23-18-25(37)10-12-31(23,2)29(26)11-13-32(27,28)3/h5,19-22,25-29,37H,4,6-18H2,1-3H3/t22-,25+,26+,27-,28+,29+,31+,32-/m1/s1. The largest absolute Gasteiger partial charge is 0.393 e. The van der Waals surface area contributed by atoms with Crippen LogP contribution in [0.1, 0.15) is 85.0 Å². The number of carbonyl (C=O) groups excluding carboxylic acids is 1. The lowest BCUT2D eigenvalue weighted by atomic mass is 9.47. The average molecular weight is 521 g/mol. The smallest absolute Gasteiger partial charge is 0.222 e. The highest BCUT2D eigenvalue weighted by molar-refractivity contribution is 5.76. The van der Waals surface area contributed by atoms with Gasteiger partial charge in [0.1, 0.15) is 6.33 Å². The van der Waals surface area contributed by atoms with Crippen LogP contribution in [0.25, 0.3) is 0 Å². The van der Waals surface area contributed by atoms with E-state index in [0.717, 1.165) is 74.8 Å². The van der Waals surface area contributed by atoms with Crippen molar-refractivity contribution in [3.8, 4) is 0 Å². The van der Waals surface area contributed by atoms with Gasteiger partial charge in [-0.05, 0) is 98.2 Å². The molecule has 0 unspecified atom stereocenters. The molecule has 6 rings (SSSR count). The normalized spacial score (nSPS) is 39.6. The van der Waals surface area contributed by atoms with Gasteiger partial charge in [0, 0.05) is 32.6 Å². The molecule has 0 spiro atoms. The molecule has 1 aliphatic heterocycles. The number of piperazine rings is 1. The van der Waals surface area contributed by atoms with Crippen molar-refractivity contribution in [2.24, 2.45) is 40.4 Å². The van der Waals surface area contributed by atoms with Crippen LogP contribution in [0.4, 0.5) is 5.69 Å². The van der Waals surface area contributed by atoms with Gasteiger partial charge in [0.2, 0.25) is 5.91 Å². The van der Waals surface area contributed by atoms with Gasteiger partial charge >= 0.3 is 0 Å². The molecule has 1 aromatic heterocycles. The molecule has 1 N–H and O–H groups in total. The maximum atomic E-state index is 13.2. The first kappa shape index (κ1) is 26.3. The zero-order valence-corrected chi connectivity index (χ0v) is 23.8. The minimum Gasteiger partial charge on any atom is -0.393 e. The fourth-order valence-corrected chi connectivity index (χ4v) is 10.00. The van der Waals surface area contributed by atoms with Gasteiger partial charge in [-0.3, -0.25) is 4.79 Å². The first-order valence-corrected chi connectivity index (χ1v) is 15.4. The number of amides is 1. The molecule has 8 atom stereocenters. The Hall–Kier alpha value is -1.95. The molecule has 2 heterocycles. The van der Waals surface area contributed by atoms with Crippen LogP contribution >= 0.6 is 0 Å². The van der Waals surface area contributed by atoms with E-state index in [-0.39, 0.29) is 6.10 Å². The lowest BCUT2D eigenvalue weighted by Crippen LogP contribution is -2.51. The Labute approximate surface area is 229 Å². The molecule has 4 aliphatic carbocycles. The van der Waals surface area contributed by atoms with E-state index in [9.17, 15) is 9.90 Å². The number of nitrogens with zero attached hydrogens (tertiary/aromatic N) is 4. The second-order valence-electron chi connectivity index (χ2n) is 13.9. The van der Waals surface area contributed by atoms with Gasteiger partial charge < -0.3 is 14.9 Å². The molecule has 5 aliphatic rings. The molecule has 38 heavy (non-hydrogen) atoms. The summed E-state index contributed by atoms with van der Waals surface area (Å²) in [7, 11) is 0. The molecule has 0 aromatic carbocycles. The molecule has 1 saturated heterocycles. The summed E-state index contributed by atoms with van der Waals surface area (Å²) in [6.45, 7) is 10.9. The molecule has 4 fully saturated rings. The molecule has 3 saturated carbocycles. The second kappa shape index (κ2) is 10.2. The molecule has 6 heteroatoms. The summed E-state index contributed by atoms with van der Waals surface area (Å²) >= 11 is 0. The minimum absolute atomic E-state index is 0.124. The SMILES string of the molecule is C[C@H](CCC(=O)N1CCN(c2cncnc2)CC1)[C@H]1CC[C@H]2[C@@H]3CC=C4C[C@@H](O)CC[C@]4(C)[C@H]3CC[C@]12C. The molecule has 6 nitrogen and oxygen atoms in total. The number of allylic oxidation sites excluding steroid dienone is 1. The fraction of sp³-hybridized carbons (Fsp3) is 0.781. The second-order valence-corrected chi connectivity index (χ2v) is 13.9. The molecule has 208 valence electrons. The summed E-state index contributed by atoms with van der Waals surface area (Å²) in [5.41, 5.74) is 3.35. The number of rotatable bonds is 5. The molecule has 1 amide bonds. The van der Waals surface area contributed by atoms with Crippen molar-refractivity contribution >= 4 is 11.6 Å². The van der Waals surface area contributed by atoms with Gasteiger partial charge in [-0.25, -0.2) is 9.97 Å². The van der Waals surface area contributed by atoms with Crippen molar-refractivity contribution in [1.29, 1.82) is 0 Å². The first-order valence-electron chi connectivity index (χ1n) is 15.4. The van der Waals surface area contributed by atoms with E-state index in [0.29, 0.717) is 29.1 Å². The van der Waals surface area contributed by atoms with Crippen LogP contribution in [0.5, 0.6) is 0 Å². The number of hydrogen-bond acceptors (Lipinski definition) is 5. The van der Waals surface area contributed by atoms with Crippen molar-refractivity contribution in [3.05, 3.63) is 30.4 Å². The summed E-state index contributed by atoms with van der Waals surface area (Å²) in [5.74, 6) is 4.10.